The van der Waals surface area contributed by atoms with Gasteiger partial charge in [0.15, 0.2) is 0 Å². The maximum absolute atomic E-state index is 5.21. The van der Waals surface area contributed by atoms with E-state index in [1.54, 1.807) is 0 Å². The Balaban J connectivity index is 1.26. The fourth-order valence-electron chi connectivity index (χ4n) is 7.43. The van der Waals surface area contributed by atoms with Crippen LogP contribution in [0.3, 0.4) is 0 Å². The highest BCUT2D eigenvalue weighted by molar-refractivity contribution is 6.14. The maximum Gasteiger partial charge on any atom is 0.0788 e. The van der Waals surface area contributed by atoms with E-state index in [0.717, 1.165) is 44.2 Å². The molecule has 46 heavy (non-hydrogen) atoms. The molecule has 0 aliphatic carbocycles. The summed E-state index contributed by atoms with van der Waals surface area (Å²) in [5.41, 5.74) is 10.2. The van der Waals surface area contributed by atoms with Crippen LogP contribution in [0.4, 0.5) is 0 Å². The first-order chi connectivity index (χ1) is 22.8. The molecule has 0 fully saturated rings. The van der Waals surface area contributed by atoms with Crippen molar-refractivity contribution < 1.29 is 0 Å². The Morgan fingerprint density at radius 3 is 1.50 bits per heavy atom. The number of aromatic nitrogens is 4. The van der Waals surface area contributed by atoms with Crippen LogP contribution >= 0.6 is 0 Å². The molecule has 0 radical (unpaired) electrons. The Hall–Kier alpha value is -6.26. The summed E-state index contributed by atoms with van der Waals surface area (Å²) < 4.78 is 4.71. The average Bonchev–Trinajstić information content (AvgIpc) is 3.64. The van der Waals surface area contributed by atoms with Gasteiger partial charge in [-0.25, -0.2) is 0 Å². The summed E-state index contributed by atoms with van der Waals surface area (Å²) in [5, 5.41) is 8.39. The van der Waals surface area contributed by atoms with Crippen LogP contribution in [-0.4, -0.2) is 19.1 Å². The predicted octanol–water partition coefficient (Wildman–Crippen LogP) is 10.6. The summed E-state index contributed by atoms with van der Waals surface area (Å²) in [6, 6.07) is 50.1. The minimum absolute atomic E-state index is 0.989. The zero-order valence-electron chi connectivity index (χ0n) is 24.8. The van der Waals surface area contributed by atoms with Gasteiger partial charge in [0, 0.05) is 50.4 Å². The third-order valence-electron chi connectivity index (χ3n) is 9.42. The molecule has 0 unspecified atom stereocenters. The van der Waals surface area contributed by atoms with Crippen molar-refractivity contribution in [3.63, 3.8) is 0 Å². The quantitative estimate of drug-likeness (QED) is 0.193. The molecule has 0 saturated carbocycles. The number of rotatable bonds is 3. The molecule has 0 N–H and O–H groups in total. The van der Waals surface area contributed by atoms with E-state index < -0.39 is 0 Å². The molecule has 10 aromatic rings. The zero-order chi connectivity index (χ0) is 30.2. The van der Waals surface area contributed by atoms with Gasteiger partial charge in [0.05, 0.1) is 39.5 Å². The summed E-state index contributed by atoms with van der Waals surface area (Å²) in [7, 11) is 0. The van der Waals surface area contributed by atoms with Gasteiger partial charge in [0.25, 0.3) is 0 Å². The van der Waals surface area contributed by atoms with Gasteiger partial charge in [-0.1, -0.05) is 78.9 Å². The summed E-state index contributed by atoms with van der Waals surface area (Å²) in [6.45, 7) is 0. The third-order valence-corrected chi connectivity index (χ3v) is 9.42. The lowest BCUT2D eigenvalue weighted by Gasteiger charge is -2.15. The summed E-state index contributed by atoms with van der Waals surface area (Å²) in [4.78, 5) is 9.54. The SMILES string of the molecule is c1ccc2c(c1)c1ccccc1n2-c1ccc2c(c1)cc(-c1ccncc1)c1cc(-n3c4ccccc4c4ccccc43)cnc12. The lowest BCUT2D eigenvalue weighted by Crippen LogP contribution is -1.97. The second-order valence-corrected chi connectivity index (χ2v) is 11.9. The highest BCUT2D eigenvalue weighted by Gasteiger charge is 2.17. The van der Waals surface area contributed by atoms with Crippen LogP contribution in [0.2, 0.25) is 0 Å². The molecular weight excluding hydrogens is 560 g/mol. The fraction of sp³-hybridized carbons (Fsp3) is 0. The van der Waals surface area contributed by atoms with E-state index >= 15 is 0 Å². The van der Waals surface area contributed by atoms with Gasteiger partial charge in [-0.05, 0) is 77.2 Å². The van der Waals surface area contributed by atoms with Crippen molar-refractivity contribution in [2.75, 3.05) is 0 Å². The highest BCUT2D eigenvalue weighted by atomic mass is 15.0. The van der Waals surface area contributed by atoms with Crippen molar-refractivity contribution in [2.24, 2.45) is 0 Å². The molecule has 10 rings (SSSR count). The van der Waals surface area contributed by atoms with Crippen molar-refractivity contribution >= 4 is 65.3 Å². The molecule has 0 spiro atoms. The van der Waals surface area contributed by atoms with E-state index in [1.165, 1.54) is 43.6 Å². The fourth-order valence-corrected chi connectivity index (χ4v) is 7.43. The van der Waals surface area contributed by atoms with E-state index in [0.29, 0.717) is 0 Å². The largest absolute Gasteiger partial charge is 0.309 e. The van der Waals surface area contributed by atoms with Crippen molar-refractivity contribution in [3.8, 4) is 22.5 Å². The van der Waals surface area contributed by atoms with Gasteiger partial charge >= 0.3 is 0 Å². The Morgan fingerprint density at radius 2 is 0.935 bits per heavy atom. The Morgan fingerprint density at radius 1 is 0.413 bits per heavy atom. The van der Waals surface area contributed by atoms with Crippen molar-refractivity contribution in [3.05, 3.63) is 158 Å². The van der Waals surface area contributed by atoms with Crippen LogP contribution in [0.15, 0.2) is 158 Å². The topological polar surface area (TPSA) is 35.6 Å². The Labute approximate surface area is 264 Å². The van der Waals surface area contributed by atoms with Crippen LogP contribution in [0.25, 0.3) is 87.8 Å². The maximum atomic E-state index is 5.21. The number of benzene rings is 6. The van der Waals surface area contributed by atoms with Crippen molar-refractivity contribution in [1.82, 2.24) is 19.1 Å². The van der Waals surface area contributed by atoms with E-state index in [1.807, 2.05) is 18.6 Å². The Bertz CT molecular complexity index is 2700. The monoisotopic (exact) mass is 586 g/mol. The molecule has 0 bridgehead atoms. The second-order valence-electron chi connectivity index (χ2n) is 11.9. The standard InChI is InChI=1S/C42H26N4/c1-5-13-38-32(9-1)33-10-2-6-14-39(33)45(38)29-17-18-31-28(23-29)24-36(27-19-21-43-22-20-27)37-25-30(26-44-42(31)37)46-40-15-7-3-11-34(40)35-12-4-8-16-41(35)46/h1-26H. The summed E-state index contributed by atoms with van der Waals surface area (Å²) in [6.07, 6.45) is 5.76. The molecule has 0 aliphatic heterocycles. The second kappa shape index (κ2) is 9.62. The molecule has 4 heterocycles. The van der Waals surface area contributed by atoms with Gasteiger partial charge < -0.3 is 9.13 Å². The number of fused-ring (bicyclic) bond motifs is 9. The van der Waals surface area contributed by atoms with Gasteiger partial charge in [-0.2, -0.15) is 0 Å². The lowest BCUT2D eigenvalue weighted by molar-refractivity contribution is 1.16. The number of hydrogen-bond acceptors (Lipinski definition) is 2. The first kappa shape index (κ1) is 25.1. The summed E-state index contributed by atoms with van der Waals surface area (Å²) >= 11 is 0. The average molecular weight is 587 g/mol. The van der Waals surface area contributed by atoms with Crippen LogP contribution in [0.1, 0.15) is 0 Å². The molecular formula is C42H26N4. The van der Waals surface area contributed by atoms with Crippen molar-refractivity contribution in [2.45, 2.75) is 0 Å². The minimum Gasteiger partial charge on any atom is -0.309 e. The first-order valence-corrected chi connectivity index (χ1v) is 15.6. The highest BCUT2D eigenvalue weighted by Crippen LogP contribution is 2.39. The predicted molar refractivity (Wildman–Crippen MR) is 191 cm³/mol. The van der Waals surface area contributed by atoms with Gasteiger partial charge in [0.2, 0.25) is 0 Å². The van der Waals surface area contributed by atoms with Gasteiger partial charge in [-0.3, -0.25) is 9.97 Å². The third kappa shape index (κ3) is 3.55. The number of nitrogens with zero attached hydrogens (tertiary/aromatic N) is 4. The van der Waals surface area contributed by atoms with Crippen LogP contribution < -0.4 is 0 Å². The number of para-hydroxylation sites is 4. The molecule has 214 valence electrons. The molecule has 0 aliphatic rings. The van der Waals surface area contributed by atoms with E-state index in [2.05, 4.69) is 154 Å². The van der Waals surface area contributed by atoms with Crippen molar-refractivity contribution in [1.29, 1.82) is 0 Å². The van der Waals surface area contributed by atoms with E-state index in [9.17, 15) is 0 Å². The van der Waals surface area contributed by atoms with Gasteiger partial charge in [-0.15, -0.1) is 0 Å². The lowest BCUT2D eigenvalue weighted by atomic mass is 9.95. The van der Waals surface area contributed by atoms with E-state index in [-0.39, 0.29) is 0 Å². The van der Waals surface area contributed by atoms with Crippen LogP contribution in [0, 0.1) is 0 Å². The molecule has 4 heteroatoms. The first-order valence-electron chi connectivity index (χ1n) is 15.6. The summed E-state index contributed by atoms with van der Waals surface area (Å²) in [5.74, 6) is 0. The molecule has 6 aromatic carbocycles. The number of hydrogen-bond donors (Lipinski definition) is 0. The van der Waals surface area contributed by atoms with Gasteiger partial charge in [0.1, 0.15) is 0 Å². The number of pyridine rings is 2. The molecule has 0 atom stereocenters. The Kier molecular flexibility index (Phi) is 5.25. The minimum atomic E-state index is 0.989. The van der Waals surface area contributed by atoms with Crippen LogP contribution in [-0.2, 0) is 0 Å². The molecule has 4 aromatic heterocycles. The van der Waals surface area contributed by atoms with E-state index in [4.69, 9.17) is 4.98 Å². The molecule has 0 saturated heterocycles. The normalized spacial score (nSPS) is 11.9. The smallest absolute Gasteiger partial charge is 0.0788 e. The zero-order valence-corrected chi connectivity index (χ0v) is 24.8. The molecule has 4 nitrogen and oxygen atoms in total. The molecule has 0 amide bonds. The van der Waals surface area contributed by atoms with Crippen LogP contribution in [0.5, 0.6) is 0 Å².